The van der Waals surface area contributed by atoms with Gasteiger partial charge in [-0.25, -0.2) is 0 Å². The molecule has 6 heteroatoms. The van der Waals surface area contributed by atoms with Gasteiger partial charge in [-0.1, -0.05) is 0 Å². The Hall–Kier alpha value is -3.02. The first-order valence-corrected chi connectivity index (χ1v) is 6.95. The Morgan fingerprint density at radius 2 is 2.13 bits per heavy atom. The average Bonchev–Trinajstić information content (AvgIpc) is 3.21. The van der Waals surface area contributed by atoms with E-state index < -0.39 is 11.9 Å². The van der Waals surface area contributed by atoms with Crippen molar-refractivity contribution < 1.29 is 23.5 Å². The highest BCUT2D eigenvalue weighted by atomic mass is 16.5. The minimum atomic E-state index is -1.06. The number of hydrogen-bond acceptors (Lipinski definition) is 5. The smallest absolute Gasteiger partial charge is 0.323 e. The van der Waals surface area contributed by atoms with Gasteiger partial charge in [-0.15, -0.1) is 0 Å². The number of carbonyl (C=O) groups is 2. The van der Waals surface area contributed by atoms with Crippen LogP contribution in [0.4, 0.5) is 0 Å². The molecule has 2 aromatic heterocycles. The summed E-state index contributed by atoms with van der Waals surface area (Å²) in [6.07, 6.45) is 3.86. The van der Waals surface area contributed by atoms with Crippen LogP contribution in [-0.4, -0.2) is 31.5 Å². The van der Waals surface area contributed by atoms with Crippen LogP contribution in [0.2, 0.25) is 0 Å². The third-order valence-electron chi connectivity index (χ3n) is 3.72. The summed E-state index contributed by atoms with van der Waals surface area (Å²) < 4.78 is 15.2. The zero-order chi connectivity index (χ0) is 16.4. The van der Waals surface area contributed by atoms with Crippen LogP contribution in [0.1, 0.15) is 11.7 Å². The second kappa shape index (κ2) is 6.00. The molecule has 23 heavy (non-hydrogen) atoms. The fourth-order valence-corrected chi connectivity index (χ4v) is 2.49. The van der Waals surface area contributed by atoms with E-state index >= 15 is 0 Å². The molecule has 0 amide bonds. The summed E-state index contributed by atoms with van der Waals surface area (Å²) >= 11 is 0. The lowest BCUT2D eigenvalue weighted by atomic mass is 10.0. The fourth-order valence-electron chi connectivity index (χ4n) is 2.49. The molecule has 3 aromatic rings. The highest BCUT2D eigenvalue weighted by Gasteiger charge is 2.25. The van der Waals surface area contributed by atoms with E-state index in [2.05, 4.69) is 9.72 Å². The van der Waals surface area contributed by atoms with E-state index in [0.717, 1.165) is 27.8 Å². The van der Waals surface area contributed by atoms with E-state index in [4.69, 9.17) is 9.15 Å². The number of aromatic amines is 1. The van der Waals surface area contributed by atoms with Gasteiger partial charge < -0.3 is 23.7 Å². The number of esters is 1. The number of H-pyrrole nitrogens is 1. The summed E-state index contributed by atoms with van der Waals surface area (Å²) in [4.78, 5) is 25.9. The minimum absolute atomic E-state index is 0.249. The van der Waals surface area contributed by atoms with Gasteiger partial charge in [0.1, 0.15) is 17.8 Å². The third kappa shape index (κ3) is 2.59. The molecule has 2 heterocycles. The summed E-state index contributed by atoms with van der Waals surface area (Å²) in [6, 6.07) is 7.36. The molecule has 3 rings (SSSR count). The van der Waals surface area contributed by atoms with Crippen molar-refractivity contribution in [1.29, 1.82) is 0 Å². The van der Waals surface area contributed by atoms with Crippen molar-refractivity contribution in [3.63, 3.8) is 0 Å². The summed E-state index contributed by atoms with van der Waals surface area (Å²) in [7, 11) is 2.84. The maximum absolute atomic E-state index is 11.6. The molecule has 0 aliphatic rings. The number of aldehydes is 1. The number of furan rings is 1. The van der Waals surface area contributed by atoms with Crippen LogP contribution in [0.5, 0.6) is 5.75 Å². The maximum atomic E-state index is 11.6. The molecule has 0 aliphatic carbocycles. The van der Waals surface area contributed by atoms with Gasteiger partial charge in [-0.3, -0.25) is 4.79 Å². The van der Waals surface area contributed by atoms with Gasteiger partial charge in [0.25, 0.3) is 0 Å². The fraction of sp³-hybridized carbons (Fsp3) is 0.176. The Balaban J connectivity index is 2.03. The second-order valence-corrected chi connectivity index (χ2v) is 4.99. The number of benzene rings is 1. The minimum Gasteiger partial charge on any atom is -0.497 e. The Bertz CT molecular complexity index is 861. The molecule has 1 unspecified atom stereocenters. The van der Waals surface area contributed by atoms with Gasteiger partial charge in [0.2, 0.25) is 0 Å². The first kappa shape index (κ1) is 14.9. The van der Waals surface area contributed by atoms with Crippen molar-refractivity contribution in [2.45, 2.75) is 5.92 Å². The van der Waals surface area contributed by atoms with E-state index in [-0.39, 0.29) is 5.76 Å². The van der Waals surface area contributed by atoms with Gasteiger partial charge in [0.15, 0.2) is 5.92 Å². The molecular formula is C17H15NO5. The van der Waals surface area contributed by atoms with Gasteiger partial charge in [-0.2, -0.15) is 0 Å². The Morgan fingerprint density at radius 1 is 1.30 bits per heavy atom. The first-order chi connectivity index (χ1) is 11.2. The van der Waals surface area contributed by atoms with Crippen LogP contribution >= 0.6 is 0 Å². The number of rotatable bonds is 5. The van der Waals surface area contributed by atoms with Crippen molar-refractivity contribution in [3.8, 4) is 16.9 Å². The van der Waals surface area contributed by atoms with Gasteiger partial charge >= 0.3 is 5.97 Å². The largest absolute Gasteiger partial charge is 0.497 e. The molecule has 1 aromatic carbocycles. The Labute approximate surface area is 132 Å². The second-order valence-electron chi connectivity index (χ2n) is 4.99. The molecule has 0 saturated heterocycles. The van der Waals surface area contributed by atoms with Crippen LogP contribution in [-0.2, 0) is 14.3 Å². The molecule has 118 valence electrons. The van der Waals surface area contributed by atoms with Crippen LogP contribution < -0.4 is 4.74 Å². The molecule has 0 aliphatic heterocycles. The normalized spacial score (nSPS) is 12.1. The summed E-state index contributed by atoms with van der Waals surface area (Å²) in [5, 5.41) is 0.956. The van der Waals surface area contributed by atoms with Crippen molar-refractivity contribution in [3.05, 3.63) is 42.5 Å². The van der Waals surface area contributed by atoms with Gasteiger partial charge in [0, 0.05) is 28.2 Å². The number of carbonyl (C=O) groups excluding carboxylic acids is 2. The van der Waals surface area contributed by atoms with Gasteiger partial charge in [0.05, 0.1) is 20.5 Å². The van der Waals surface area contributed by atoms with Gasteiger partial charge in [-0.05, 0) is 24.3 Å². The highest BCUT2D eigenvalue weighted by molar-refractivity contribution is 5.97. The lowest BCUT2D eigenvalue weighted by molar-refractivity contribution is -0.144. The van der Waals surface area contributed by atoms with Crippen molar-refractivity contribution in [1.82, 2.24) is 4.98 Å². The lowest BCUT2D eigenvalue weighted by Gasteiger charge is -2.03. The molecule has 0 radical (unpaired) electrons. The Kier molecular flexibility index (Phi) is 3.89. The number of hydrogen-bond donors (Lipinski definition) is 1. The molecule has 1 N–H and O–H groups in total. The molecule has 0 spiro atoms. The molecule has 1 atom stereocenters. The standard InChI is InChI=1S/C17H15NO5/c1-21-11-3-4-15-12(6-11)13(7-18-15)10-5-16(23-9-10)14(8-19)17(20)22-2/h3-9,14,18H,1-2H3. The molecule has 0 saturated carbocycles. The van der Waals surface area contributed by atoms with Crippen molar-refractivity contribution >= 4 is 23.2 Å². The SMILES string of the molecule is COC(=O)C(C=O)c1cc(-c2c[nH]c3ccc(OC)cc23)co1. The van der Waals surface area contributed by atoms with E-state index in [1.54, 1.807) is 13.2 Å². The van der Waals surface area contributed by atoms with Crippen LogP contribution in [0.3, 0.4) is 0 Å². The first-order valence-electron chi connectivity index (χ1n) is 6.95. The van der Waals surface area contributed by atoms with E-state index in [0.29, 0.717) is 6.29 Å². The zero-order valence-electron chi connectivity index (χ0n) is 12.7. The van der Waals surface area contributed by atoms with E-state index in [9.17, 15) is 9.59 Å². The topological polar surface area (TPSA) is 81.5 Å². The summed E-state index contributed by atoms with van der Waals surface area (Å²) in [5.41, 5.74) is 2.60. The maximum Gasteiger partial charge on any atom is 0.323 e. The predicted octanol–water partition coefficient (Wildman–Crippen LogP) is 2.89. The Morgan fingerprint density at radius 3 is 2.83 bits per heavy atom. The lowest BCUT2D eigenvalue weighted by Crippen LogP contribution is -2.14. The molecular weight excluding hydrogens is 298 g/mol. The quantitative estimate of drug-likeness (QED) is 0.445. The van der Waals surface area contributed by atoms with Crippen LogP contribution in [0.15, 0.2) is 41.1 Å². The van der Waals surface area contributed by atoms with E-state index in [1.807, 2.05) is 24.4 Å². The number of nitrogens with one attached hydrogen (secondary N) is 1. The molecule has 6 nitrogen and oxygen atoms in total. The summed E-state index contributed by atoms with van der Waals surface area (Å²) in [6.45, 7) is 0. The van der Waals surface area contributed by atoms with Crippen LogP contribution in [0, 0.1) is 0 Å². The van der Waals surface area contributed by atoms with E-state index in [1.165, 1.54) is 13.4 Å². The van der Waals surface area contributed by atoms with Crippen molar-refractivity contribution in [2.24, 2.45) is 0 Å². The zero-order valence-corrected chi connectivity index (χ0v) is 12.7. The number of ether oxygens (including phenoxy) is 2. The third-order valence-corrected chi connectivity index (χ3v) is 3.72. The van der Waals surface area contributed by atoms with Crippen LogP contribution in [0.25, 0.3) is 22.0 Å². The number of methoxy groups -OCH3 is 2. The molecule has 0 fully saturated rings. The average molecular weight is 313 g/mol. The highest BCUT2D eigenvalue weighted by Crippen LogP contribution is 2.33. The molecule has 0 bridgehead atoms. The summed E-state index contributed by atoms with van der Waals surface area (Å²) in [5.74, 6) is -0.725. The predicted molar refractivity (Wildman–Crippen MR) is 83.4 cm³/mol. The van der Waals surface area contributed by atoms with Crippen molar-refractivity contribution in [2.75, 3.05) is 14.2 Å². The monoisotopic (exact) mass is 313 g/mol. The number of aromatic nitrogens is 1. The number of fused-ring (bicyclic) bond motifs is 1.